The second-order valence-corrected chi connectivity index (χ2v) is 5.19. The van der Waals surface area contributed by atoms with Crippen molar-refractivity contribution in [2.75, 3.05) is 33.5 Å². The van der Waals surface area contributed by atoms with Crippen LogP contribution < -0.4 is 15.8 Å². The number of likely N-dealkylation sites (N-methyl/N-ethyl adjacent to an activating group) is 1. The highest BCUT2D eigenvalue weighted by Gasteiger charge is 2.14. The van der Waals surface area contributed by atoms with Gasteiger partial charge in [0, 0.05) is 18.7 Å². The zero-order chi connectivity index (χ0) is 15.2. The number of anilines is 1. The molecule has 1 aromatic heterocycles. The summed E-state index contributed by atoms with van der Waals surface area (Å²) in [7, 11) is 5.82. The van der Waals surface area contributed by atoms with Gasteiger partial charge in [-0.15, -0.1) is 0 Å². The van der Waals surface area contributed by atoms with Gasteiger partial charge in [-0.3, -0.25) is 0 Å². The Morgan fingerprint density at radius 2 is 1.90 bits per heavy atom. The van der Waals surface area contributed by atoms with Crippen molar-refractivity contribution in [1.82, 2.24) is 10.2 Å². The fourth-order valence-electron chi connectivity index (χ4n) is 2.25. The summed E-state index contributed by atoms with van der Waals surface area (Å²) in [5.74, 6) is 2.17. The van der Waals surface area contributed by atoms with Crippen LogP contribution >= 0.6 is 0 Å². The molecule has 0 bridgehead atoms. The molecule has 0 saturated heterocycles. The standard InChI is InChI=1S/C16H23N3O2/c1-19(2)15(12-4-6-13(20-3)7-5-12)11-18-10-14-8-9-16(17)21-14/h4-9,15,18H,10-11,17H2,1-3H3. The van der Waals surface area contributed by atoms with E-state index < -0.39 is 0 Å². The predicted octanol–water partition coefficient (Wildman–Crippen LogP) is 2.26. The third-order valence-electron chi connectivity index (χ3n) is 3.44. The molecule has 0 aliphatic heterocycles. The van der Waals surface area contributed by atoms with Crippen molar-refractivity contribution in [2.24, 2.45) is 0 Å². The lowest BCUT2D eigenvalue weighted by molar-refractivity contribution is 0.285. The van der Waals surface area contributed by atoms with Crippen LogP contribution in [0, 0.1) is 0 Å². The maximum Gasteiger partial charge on any atom is 0.190 e. The minimum absolute atomic E-state index is 0.281. The van der Waals surface area contributed by atoms with Gasteiger partial charge in [-0.25, -0.2) is 0 Å². The number of nitrogen functional groups attached to an aromatic ring is 1. The molecule has 2 rings (SSSR count). The van der Waals surface area contributed by atoms with Crippen LogP contribution in [0.25, 0.3) is 0 Å². The fraction of sp³-hybridized carbons (Fsp3) is 0.375. The van der Waals surface area contributed by atoms with Crippen LogP contribution in [0.3, 0.4) is 0 Å². The lowest BCUT2D eigenvalue weighted by Crippen LogP contribution is -2.30. The Hall–Kier alpha value is -1.98. The Bertz CT molecular complexity index is 549. The molecule has 1 aromatic carbocycles. The van der Waals surface area contributed by atoms with Crippen LogP contribution in [0.4, 0.5) is 5.88 Å². The molecular formula is C16H23N3O2. The quantitative estimate of drug-likeness (QED) is 0.818. The third kappa shape index (κ3) is 4.24. The van der Waals surface area contributed by atoms with E-state index >= 15 is 0 Å². The molecule has 3 N–H and O–H groups in total. The molecule has 1 atom stereocenters. The molecule has 5 heteroatoms. The van der Waals surface area contributed by atoms with Crippen LogP contribution in [0.2, 0.25) is 0 Å². The number of methoxy groups -OCH3 is 1. The van der Waals surface area contributed by atoms with E-state index in [4.69, 9.17) is 14.9 Å². The Balaban J connectivity index is 1.95. The first-order valence-electron chi connectivity index (χ1n) is 6.95. The Morgan fingerprint density at radius 3 is 2.43 bits per heavy atom. The molecule has 21 heavy (non-hydrogen) atoms. The number of ether oxygens (including phenoxy) is 1. The number of hydrogen-bond acceptors (Lipinski definition) is 5. The van der Waals surface area contributed by atoms with E-state index in [0.29, 0.717) is 12.4 Å². The Kier molecular flexibility index (Phi) is 5.25. The van der Waals surface area contributed by atoms with E-state index in [0.717, 1.165) is 18.1 Å². The number of furan rings is 1. The van der Waals surface area contributed by atoms with E-state index in [1.54, 1.807) is 13.2 Å². The highest BCUT2D eigenvalue weighted by molar-refractivity contribution is 5.29. The van der Waals surface area contributed by atoms with Gasteiger partial charge < -0.3 is 25.1 Å². The average Bonchev–Trinajstić information content (AvgIpc) is 2.89. The van der Waals surface area contributed by atoms with Crippen molar-refractivity contribution in [1.29, 1.82) is 0 Å². The summed E-state index contributed by atoms with van der Waals surface area (Å²) >= 11 is 0. The topological polar surface area (TPSA) is 63.7 Å². The summed E-state index contributed by atoms with van der Waals surface area (Å²) in [6.07, 6.45) is 0. The molecule has 0 aliphatic carbocycles. The first-order valence-corrected chi connectivity index (χ1v) is 6.95. The average molecular weight is 289 g/mol. The van der Waals surface area contributed by atoms with Crippen LogP contribution in [0.1, 0.15) is 17.4 Å². The first-order chi connectivity index (χ1) is 10.1. The minimum Gasteiger partial charge on any atom is -0.497 e. The van der Waals surface area contributed by atoms with Gasteiger partial charge in [0.1, 0.15) is 11.5 Å². The van der Waals surface area contributed by atoms with Gasteiger partial charge in [-0.2, -0.15) is 0 Å². The summed E-state index contributed by atoms with van der Waals surface area (Å²) in [4.78, 5) is 2.19. The second-order valence-electron chi connectivity index (χ2n) is 5.19. The minimum atomic E-state index is 0.281. The Labute approximate surface area is 125 Å². The SMILES string of the molecule is COc1ccc(C(CNCc2ccc(N)o2)N(C)C)cc1. The monoisotopic (exact) mass is 289 g/mol. The van der Waals surface area contributed by atoms with Crippen molar-refractivity contribution < 1.29 is 9.15 Å². The van der Waals surface area contributed by atoms with E-state index in [1.807, 2.05) is 18.2 Å². The molecule has 1 unspecified atom stereocenters. The van der Waals surface area contributed by atoms with Gasteiger partial charge in [-0.05, 0) is 37.9 Å². The molecule has 0 saturated carbocycles. The molecule has 5 nitrogen and oxygen atoms in total. The summed E-state index contributed by atoms with van der Waals surface area (Å²) < 4.78 is 10.5. The highest BCUT2D eigenvalue weighted by Crippen LogP contribution is 2.21. The van der Waals surface area contributed by atoms with Crippen molar-refractivity contribution in [3.8, 4) is 5.75 Å². The van der Waals surface area contributed by atoms with Crippen molar-refractivity contribution in [2.45, 2.75) is 12.6 Å². The predicted molar refractivity (Wildman–Crippen MR) is 84.2 cm³/mol. The molecule has 0 spiro atoms. The third-order valence-corrected chi connectivity index (χ3v) is 3.44. The van der Waals surface area contributed by atoms with E-state index in [9.17, 15) is 0 Å². The maximum absolute atomic E-state index is 5.56. The van der Waals surface area contributed by atoms with Gasteiger partial charge >= 0.3 is 0 Å². The maximum atomic E-state index is 5.56. The number of nitrogens with zero attached hydrogens (tertiary/aromatic N) is 1. The number of rotatable bonds is 7. The lowest BCUT2D eigenvalue weighted by atomic mass is 10.1. The zero-order valence-corrected chi connectivity index (χ0v) is 12.8. The number of nitrogens with two attached hydrogens (primary N) is 1. The molecule has 0 fully saturated rings. The Morgan fingerprint density at radius 1 is 1.19 bits per heavy atom. The normalized spacial score (nSPS) is 12.6. The summed E-state index contributed by atoms with van der Waals surface area (Å²) in [6, 6.07) is 12.1. The van der Waals surface area contributed by atoms with Gasteiger partial charge in [0.25, 0.3) is 0 Å². The second kappa shape index (κ2) is 7.15. The lowest BCUT2D eigenvalue weighted by Gasteiger charge is -2.25. The molecular weight excluding hydrogens is 266 g/mol. The molecule has 2 aromatic rings. The van der Waals surface area contributed by atoms with Gasteiger partial charge in [0.15, 0.2) is 5.88 Å². The molecule has 0 radical (unpaired) electrons. The number of nitrogens with one attached hydrogen (secondary N) is 1. The van der Waals surface area contributed by atoms with Crippen molar-refractivity contribution in [3.63, 3.8) is 0 Å². The largest absolute Gasteiger partial charge is 0.497 e. The van der Waals surface area contributed by atoms with Gasteiger partial charge in [0.05, 0.1) is 13.7 Å². The van der Waals surface area contributed by atoms with Crippen LogP contribution in [-0.2, 0) is 6.54 Å². The van der Waals surface area contributed by atoms with Crippen LogP contribution in [0.15, 0.2) is 40.8 Å². The first kappa shape index (κ1) is 15.4. The van der Waals surface area contributed by atoms with Crippen LogP contribution in [0.5, 0.6) is 5.75 Å². The van der Waals surface area contributed by atoms with Gasteiger partial charge in [-0.1, -0.05) is 12.1 Å². The highest BCUT2D eigenvalue weighted by atomic mass is 16.5. The van der Waals surface area contributed by atoms with Crippen molar-refractivity contribution >= 4 is 5.88 Å². The van der Waals surface area contributed by atoms with E-state index in [2.05, 4.69) is 36.4 Å². The summed E-state index contributed by atoms with van der Waals surface area (Å²) in [5, 5.41) is 3.40. The molecule has 1 heterocycles. The fourth-order valence-corrected chi connectivity index (χ4v) is 2.25. The van der Waals surface area contributed by atoms with Crippen molar-refractivity contribution in [3.05, 3.63) is 47.7 Å². The summed E-state index contributed by atoms with van der Waals surface area (Å²) in [5.41, 5.74) is 6.81. The molecule has 0 aliphatic rings. The molecule has 0 amide bonds. The number of hydrogen-bond donors (Lipinski definition) is 2. The van der Waals surface area contributed by atoms with E-state index in [1.165, 1.54) is 5.56 Å². The smallest absolute Gasteiger partial charge is 0.190 e. The zero-order valence-electron chi connectivity index (χ0n) is 12.8. The number of benzene rings is 1. The van der Waals surface area contributed by atoms with E-state index in [-0.39, 0.29) is 6.04 Å². The summed E-state index contributed by atoms with van der Waals surface area (Å²) in [6.45, 7) is 1.48. The molecule has 114 valence electrons. The van der Waals surface area contributed by atoms with Crippen LogP contribution in [-0.4, -0.2) is 32.6 Å². The van der Waals surface area contributed by atoms with Gasteiger partial charge in [0.2, 0.25) is 0 Å².